The molecule has 5 rings (SSSR count). The van der Waals surface area contributed by atoms with Crippen LogP contribution in [-0.2, 0) is 20.3 Å². The number of rotatable bonds is 2. The molecule has 3 aliphatic rings. The van der Waals surface area contributed by atoms with E-state index in [0.29, 0.717) is 0 Å². The Labute approximate surface area is 163 Å². The molecule has 1 fully saturated rings. The van der Waals surface area contributed by atoms with Gasteiger partial charge in [-0.25, -0.2) is 0 Å². The van der Waals surface area contributed by atoms with Crippen molar-refractivity contribution in [2.75, 3.05) is 0 Å². The van der Waals surface area contributed by atoms with Crippen molar-refractivity contribution in [1.29, 1.82) is 0 Å². The van der Waals surface area contributed by atoms with Gasteiger partial charge in [-0.2, -0.15) is 0 Å². The van der Waals surface area contributed by atoms with Gasteiger partial charge in [0, 0.05) is 0 Å². The van der Waals surface area contributed by atoms with Crippen LogP contribution in [0, 0.1) is 0 Å². The molecule has 0 aromatic heterocycles. The monoisotopic (exact) mass is 508 g/mol. The zero-order valence-corrected chi connectivity index (χ0v) is 18.7. The summed E-state index contributed by atoms with van der Waals surface area (Å²) in [5.41, 5.74) is 6.20. The van der Waals surface area contributed by atoms with Gasteiger partial charge in [0.25, 0.3) is 0 Å². The van der Waals surface area contributed by atoms with Crippen molar-refractivity contribution in [3.63, 3.8) is 0 Å². The quantitative estimate of drug-likeness (QED) is 0.422. The molecule has 0 N–H and O–H groups in total. The first-order valence-electron chi connectivity index (χ1n) is 7.93. The maximum atomic E-state index is 2.54. The summed E-state index contributed by atoms with van der Waals surface area (Å²) in [5.74, 6) is 0. The molecule has 2 aromatic rings. The second-order valence-corrected chi connectivity index (χ2v) is 18.2. The van der Waals surface area contributed by atoms with E-state index < -0.39 is 20.3 Å². The molecular formula is C20H20Br2Zr. The second kappa shape index (κ2) is 6.58. The molecule has 3 heteroatoms. The molecule has 2 atom stereocenters. The molecule has 23 heavy (non-hydrogen) atoms. The van der Waals surface area contributed by atoms with Crippen LogP contribution in [0.3, 0.4) is 0 Å². The van der Waals surface area contributed by atoms with Crippen LogP contribution >= 0.6 is 34.0 Å². The van der Waals surface area contributed by atoms with Crippen LogP contribution < -0.4 is 0 Å². The Bertz CT molecular complexity index is 726. The first-order valence-corrected chi connectivity index (χ1v) is 14.2. The molecule has 118 valence electrons. The molecule has 0 saturated carbocycles. The molecule has 0 nitrogen and oxygen atoms in total. The Kier molecular flexibility index (Phi) is 5.03. The molecule has 2 aliphatic carbocycles. The molecule has 0 spiro atoms. The zero-order chi connectivity index (χ0) is 13.9. The van der Waals surface area contributed by atoms with Crippen LogP contribution in [0.1, 0.15) is 29.5 Å². The van der Waals surface area contributed by atoms with E-state index in [9.17, 15) is 0 Å². The van der Waals surface area contributed by atoms with Crippen LogP contribution in [0.15, 0.2) is 60.7 Å². The van der Waals surface area contributed by atoms with Crippen molar-refractivity contribution < 1.29 is 20.3 Å². The predicted molar refractivity (Wildman–Crippen MR) is 107 cm³/mol. The van der Waals surface area contributed by atoms with Crippen molar-refractivity contribution in [2.45, 2.75) is 15.5 Å². The number of hydrogen-bond donors (Lipinski definition) is 0. The Morgan fingerprint density at radius 1 is 0.652 bits per heavy atom. The summed E-state index contributed by atoms with van der Waals surface area (Å²) < 4.78 is 4.72. The van der Waals surface area contributed by atoms with Gasteiger partial charge in [-0.15, -0.1) is 34.0 Å². The summed E-state index contributed by atoms with van der Waals surface area (Å²) in [4.78, 5) is 0. The topological polar surface area (TPSA) is 0 Å². The Balaban J connectivity index is 0.000000781. The molecule has 0 bridgehead atoms. The van der Waals surface area contributed by atoms with Gasteiger partial charge in [0.2, 0.25) is 0 Å². The fourth-order valence-corrected chi connectivity index (χ4v) is 20.1. The number of hydrogen-bond acceptors (Lipinski definition) is 0. The summed E-state index contributed by atoms with van der Waals surface area (Å²) in [6, 6.07) is 18.1. The second-order valence-electron chi connectivity index (χ2n) is 6.66. The van der Waals surface area contributed by atoms with E-state index in [1.54, 1.807) is 19.4 Å². The Morgan fingerprint density at radius 2 is 1.09 bits per heavy atom. The number of allylic oxidation sites excluding steroid dienone is 2. The number of benzene rings is 2. The Hall–Kier alpha value is -0.237. The van der Waals surface area contributed by atoms with Crippen molar-refractivity contribution in [2.24, 2.45) is 0 Å². The zero-order valence-electron chi connectivity index (χ0n) is 12.8. The van der Waals surface area contributed by atoms with Gasteiger partial charge in [0.1, 0.15) is 0 Å². The molecule has 2 aromatic carbocycles. The predicted octanol–water partition coefficient (Wildman–Crippen LogP) is 6.68. The fraction of sp³-hybridized carbons (Fsp3) is 0.200. The van der Waals surface area contributed by atoms with E-state index in [-0.39, 0.29) is 34.0 Å². The summed E-state index contributed by atoms with van der Waals surface area (Å²) in [6.07, 6.45) is 9.84. The minimum absolute atomic E-state index is 0. The van der Waals surface area contributed by atoms with Gasteiger partial charge in [-0.3, -0.25) is 0 Å². The van der Waals surface area contributed by atoms with Crippen LogP contribution in [0.25, 0.3) is 12.2 Å². The molecule has 0 amide bonds. The van der Waals surface area contributed by atoms with E-state index in [1.165, 1.54) is 11.1 Å². The SMILES string of the molecule is Br.Br.C1=C[CH]([Zr]2([CH]3C=Cc4ccccc43)[CH2][CH2]2)c2ccccc21. The van der Waals surface area contributed by atoms with Gasteiger partial charge < -0.3 is 0 Å². The summed E-state index contributed by atoms with van der Waals surface area (Å²) in [7, 11) is 0. The average molecular weight is 511 g/mol. The third-order valence-corrected chi connectivity index (χ3v) is 18.3. The molecular weight excluding hydrogens is 491 g/mol. The van der Waals surface area contributed by atoms with E-state index in [2.05, 4.69) is 72.8 Å². The van der Waals surface area contributed by atoms with Crippen molar-refractivity contribution in [1.82, 2.24) is 0 Å². The molecule has 1 saturated heterocycles. The van der Waals surface area contributed by atoms with Crippen LogP contribution in [-0.4, -0.2) is 0 Å². The summed E-state index contributed by atoms with van der Waals surface area (Å²) >= 11 is -2.13. The third-order valence-electron chi connectivity index (χ3n) is 5.66. The maximum absolute atomic E-state index is 2.54. The van der Waals surface area contributed by atoms with Crippen LogP contribution in [0.4, 0.5) is 0 Å². The average Bonchev–Trinajstić information content (AvgIpc) is 3.03. The van der Waals surface area contributed by atoms with E-state index in [1.807, 2.05) is 0 Å². The Morgan fingerprint density at radius 3 is 1.52 bits per heavy atom. The van der Waals surface area contributed by atoms with Gasteiger partial charge in [-0.1, -0.05) is 0 Å². The molecule has 1 heterocycles. The summed E-state index contributed by atoms with van der Waals surface area (Å²) in [6.45, 7) is 0. The minimum atomic E-state index is -2.13. The standard InChI is InChI=1S/2C9H7.C2H4.2BrH.Zr/c2*1-2-5-9-7-3-6-8(9)4-1;1-2;;;/h2*1-7H;1-2H2;2*1H;. The first-order chi connectivity index (χ1) is 10.4. The third kappa shape index (κ3) is 2.64. The van der Waals surface area contributed by atoms with Gasteiger partial charge in [0.05, 0.1) is 0 Å². The summed E-state index contributed by atoms with van der Waals surface area (Å²) in [5, 5.41) is 0. The number of fused-ring (bicyclic) bond motifs is 2. The normalized spacial score (nSPS) is 24.3. The van der Waals surface area contributed by atoms with Crippen molar-refractivity contribution >= 4 is 46.1 Å². The molecule has 2 unspecified atom stereocenters. The van der Waals surface area contributed by atoms with Gasteiger partial charge >= 0.3 is 131 Å². The van der Waals surface area contributed by atoms with E-state index in [0.717, 1.165) is 7.25 Å². The molecule has 1 aliphatic heterocycles. The number of halogens is 2. The van der Waals surface area contributed by atoms with Crippen LogP contribution in [0.2, 0.25) is 8.26 Å². The first kappa shape index (κ1) is 17.6. The fourth-order valence-electron chi connectivity index (χ4n) is 4.46. The van der Waals surface area contributed by atoms with Crippen molar-refractivity contribution in [3.05, 3.63) is 82.9 Å². The van der Waals surface area contributed by atoms with Crippen LogP contribution in [0.5, 0.6) is 0 Å². The molecule has 0 radical (unpaired) electrons. The van der Waals surface area contributed by atoms with E-state index in [4.69, 9.17) is 0 Å². The van der Waals surface area contributed by atoms with Gasteiger partial charge in [-0.05, 0) is 0 Å². The van der Waals surface area contributed by atoms with Crippen molar-refractivity contribution in [3.8, 4) is 0 Å². The van der Waals surface area contributed by atoms with E-state index >= 15 is 0 Å². The van der Waals surface area contributed by atoms with Gasteiger partial charge in [0.15, 0.2) is 0 Å².